The fraction of sp³-hybridized carbons (Fsp3) is 0.111. The van der Waals surface area contributed by atoms with Crippen molar-refractivity contribution in [2.75, 3.05) is 0 Å². The van der Waals surface area contributed by atoms with Crippen molar-refractivity contribution >= 4 is 34.2 Å². The fourth-order valence-electron chi connectivity index (χ4n) is 1.10. The Labute approximate surface area is 111 Å². The van der Waals surface area contributed by atoms with E-state index in [1.54, 1.807) is 11.3 Å². The molecule has 94 valence electrons. The Balaban J connectivity index is 1.96. The minimum Gasteiger partial charge on any atom is -0.370 e. The van der Waals surface area contributed by atoms with Gasteiger partial charge in [0.25, 0.3) is 5.89 Å². The second kappa shape index (κ2) is 5.65. The van der Waals surface area contributed by atoms with Gasteiger partial charge in [-0.15, -0.1) is 0 Å². The molecule has 2 rings (SSSR count). The van der Waals surface area contributed by atoms with Gasteiger partial charge < -0.3 is 16.0 Å². The summed E-state index contributed by atoms with van der Waals surface area (Å²) < 4.78 is 5.10. The van der Waals surface area contributed by atoms with Crippen LogP contribution in [0.2, 0.25) is 0 Å². The molecule has 0 radical (unpaired) electrons. The molecule has 18 heavy (non-hydrogen) atoms. The van der Waals surface area contributed by atoms with Crippen molar-refractivity contribution in [1.82, 2.24) is 10.1 Å². The van der Waals surface area contributed by atoms with Crippen LogP contribution in [-0.4, -0.2) is 21.3 Å². The first kappa shape index (κ1) is 12.6. The van der Waals surface area contributed by atoms with Crippen molar-refractivity contribution in [3.8, 4) is 11.5 Å². The monoisotopic (exact) mass is 282 g/mol. The van der Waals surface area contributed by atoms with Gasteiger partial charge in [-0.2, -0.15) is 21.3 Å². The van der Waals surface area contributed by atoms with E-state index in [1.807, 2.05) is 16.8 Å². The van der Waals surface area contributed by atoms with Gasteiger partial charge in [-0.1, -0.05) is 16.9 Å². The highest BCUT2D eigenvalue weighted by atomic mass is 32.2. The van der Waals surface area contributed by atoms with Crippen molar-refractivity contribution in [3.05, 3.63) is 22.7 Å². The van der Waals surface area contributed by atoms with Gasteiger partial charge in [0.1, 0.15) is 0 Å². The second-order valence-electron chi connectivity index (χ2n) is 3.16. The molecule has 0 unspecified atom stereocenters. The number of hydrogen-bond acceptors (Lipinski definition) is 6. The van der Waals surface area contributed by atoms with Crippen molar-refractivity contribution in [2.45, 2.75) is 5.75 Å². The van der Waals surface area contributed by atoms with Gasteiger partial charge in [0.15, 0.2) is 17.0 Å². The van der Waals surface area contributed by atoms with Crippen molar-refractivity contribution in [2.24, 2.45) is 16.5 Å². The number of aliphatic imine (C=N–C) groups is 1. The van der Waals surface area contributed by atoms with E-state index in [0.29, 0.717) is 17.5 Å². The van der Waals surface area contributed by atoms with Crippen molar-refractivity contribution < 1.29 is 4.52 Å². The van der Waals surface area contributed by atoms with Gasteiger partial charge in [-0.05, 0) is 11.4 Å². The van der Waals surface area contributed by atoms with Crippen LogP contribution in [0.15, 0.2) is 26.3 Å². The Kier molecular flexibility index (Phi) is 3.95. The number of nitrogens with zero attached hydrogens (tertiary/aromatic N) is 3. The minimum atomic E-state index is -0.139. The molecule has 9 heteroatoms. The topological polar surface area (TPSA) is 127 Å². The lowest BCUT2D eigenvalue weighted by Crippen LogP contribution is -2.23. The summed E-state index contributed by atoms with van der Waals surface area (Å²) in [6, 6.07) is 1.90. The molecule has 2 aromatic heterocycles. The lowest BCUT2D eigenvalue weighted by atomic mass is 10.3. The Bertz CT molecular complexity index is 557. The van der Waals surface area contributed by atoms with E-state index in [0.717, 1.165) is 17.3 Å². The minimum absolute atomic E-state index is 0.0110. The highest BCUT2D eigenvalue weighted by Crippen LogP contribution is 2.21. The number of thiophene rings is 1. The lowest BCUT2D eigenvalue weighted by Gasteiger charge is -1.94. The van der Waals surface area contributed by atoms with Crippen LogP contribution in [0.1, 0.15) is 5.82 Å². The first-order chi connectivity index (χ1) is 8.65. The van der Waals surface area contributed by atoms with Crippen molar-refractivity contribution in [1.29, 1.82) is 5.41 Å². The molecular formula is C9H10N6OS2. The van der Waals surface area contributed by atoms with Crippen LogP contribution in [0, 0.1) is 5.41 Å². The molecule has 0 fully saturated rings. The third kappa shape index (κ3) is 3.31. The van der Waals surface area contributed by atoms with Crippen LogP contribution < -0.4 is 11.5 Å². The molecule has 2 aromatic rings. The van der Waals surface area contributed by atoms with Gasteiger partial charge in [0, 0.05) is 5.38 Å². The van der Waals surface area contributed by atoms with Crippen LogP contribution in [0.3, 0.4) is 0 Å². The normalized spacial score (nSPS) is 10.2. The van der Waals surface area contributed by atoms with Crippen LogP contribution in [0.5, 0.6) is 0 Å². The van der Waals surface area contributed by atoms with Crippen LogP contribution in [-0.2, 0) is 5.75 Å². The number of nitrogens with one attached hydrogen (secondary N) is 1. The van der Waals surface area contributed by atoms with E-state index >= 15 is 0 Å². The Morgan fingerprint density at radius 1 is 1.56 bits per heavy atom. The Morgan fingerprint density at radius 3 is 3.06 bits per heavy atom. The van der Waals surface area contributed by atoms with E-state index in [9.17, 15) is 0 Å². The maximum atomic E-state index is 7.45. The van der Waals surface area contributed by atoms with Gasteiger partial charge >= 0.3 is 0 Å². The van der Waals surface area contributed by atoms with E-state index in [4.69, 9.17) is 21.4 Å². The van der Waals surface area contributed by atoms with Crippen LogP contribution >= 0.6 is 23.1 Å². The summed E-state index contributed by atoms with van der Waals surface area (Å²) in [5.41, 5.74) is 11.2. The largest absolute Gasteiger partial charge is 0.370 e. The molecule has 0 spiro atoms. The first-order valence-corrected chi connectivity index (χ1v) is 6.74. The predicted molar refractivity (Wildman–Crippen MR) is 72.4 cm³/mol. The van der Waals surface area contributed by atoms with Gasteiger partial charge in [-0.25, -0.2) is 0 Å². The molecule has 0 aliphatic rings. The van der Waals surface area contributed by atoms with Gasteiger partial charge in [0.2, 0.25) is 0 Å². The smallest absolute Gasteiger partial charge is 0.258 e. The number of guanidine groups is 1. The summed E-state index contributed by atoms with van der Waals surface area (Å²) in [4.78, 5) is 7.79. The Morgan fingerprint density at radius 2 is 2.39 bits per heavy atom. The standard InChI is InChI=1S/C9H10N6OS2/c10-8(11)14-9(12)18-4-6-13-7(16-15-6)5-1-2-17-3-5/h1-3H,4H2,(H5,10,11,12,14). The quantitative estimate of drug-likeness (QED) is 0.574. The molecule has 0 aromatic carbocycles. The summed E-state index contributed by atoms with van der Waals surface area (Å²) >= 11 is 2.68. The zero-order chi connectivity index (χ0) is 13.0. The number of amidine groups is 1. The maximum Gasteiger partial charge on any atom is 0.258 e. The van der Waals surface area contributed by atoms with Crippen LogP contribution in [0.25, 0.3) is 11.5 Å². The molecule has 0 saturated heterocycles. The molecule has 0 aliphatic carbocycles. The number of aromatic nitrogens is 2. The third-order valence-electron chi connectivity index (χ3n) is 1.80. The Hall–Kier alpha value is -1.87. The van der Waals surface area contributed by atoms with Gasteiger partial charge in [-0.3, -0.25) is 5.41 Å². The third-order valence-corrected chi connectivity index (χ3v) is 3.26. The first-order valence-electron chi connectivity index (χ1n) is 4.81. The molecule has 5 N–H and O–H groups in total. The summed E-state index contributed by atoms with van der Waals surface area (Å²) in [5, 5.41) is 15.1. The highest BCUT2D eigenvalue weighted by molar-refractivity contribution is 8.13. The molecule has 0 bridgehead atoms. The van der Waals surface area contributed by atoms with Crippen LogP contribution in [0.4, 0.5) is 0 Å². The molecule has 0 atom stereocenters. The molecule has 7 nitrogen and oxygen atoms in total. The predicted octanol–water partition coefficient (Wildman–Crippen LogP) is 1.24. The van der Waals surface area contributed by atoms with E-state index < -0.39 is 0 Å². The maximum absolute atomic E-state index is 7.45. The van der Waals surface area contributed by atoms with E-state index in [2.05, 4.69) is 15.1 Å². The van der Waals surface area contributed by atoms with E-state index in [-0.39, 0.29) is 11.1 Å². The summed E-state index contributed by atoms with van der Waals surface area (Å²) in [6.45, 7) is 0. The zero-order valence-corrected chi connectivity index (χ0v) is 10.8. The molecular weight excluding hydrogens is 272 g/mol. The van der Waals surface area contributed by atoms with Gasteiger partial charge in [0.05, 0.1) is 11.3 Å². The number of rotatable bonds is 3. The number of nitrogens with two attached hydrogens (primary N) is 2. The SMILES string of the molecule is N=C(N=C(N)N)SCc1noc(-c2ccsc2)n1. The molecule has 0 saturated carbocycles. The summed E-state index contributed by atoms with van der Waals surface area (Å²) in [6.07, 6.45) is 0. The molecule has 0 aliphatic heterocycles. The molecule has 2 heterocycles. The number of hydrogen-bond donors (Lipinski definition) is 3. The fourth-order valence-corrected chi connectivity index (χ4v) is 2.28. The second-order valence-corrected chi connectivity index (χ2v) is 4.90. The van der Waals surface area contributed by atoms with E-state index in [1.165, 1.54) is 0 Å². The average Bonchev–Trinajstić information content (AvgIpc) is 2.96. The highest BCUT2D eigenvalue weighted by Gasteiger charge is 2.09. The lowest BCUT2D eigenvalue weighted by molar-refractivity contribution is 0.425. The zero-order valence-electron chi connectivity index (χ0n) is 9.16. The molecule has 0 amide bonds. The van der Waals surface area contributed by atoms with Crippen molar-refractivity contribution in [3.63, 3.8) is 0 Å². The summed E-state index contributed by atoms with van der Waals surface area (Å²) in [7, 11) is 0. The average molecular weight is 282 g/mol. The number of thioether (sulfide) groups is 1. The summed E-state index contributed by atoms with van der Waals surface area (Å²) in [5.74, 6) is 1.21.